The Hall–Kier alpha value is -1.07. The highest BCUT2D eigenvalue weighted by Gasteiger charge is 2.31. The van der Waals surface area contributed by atoms with Crippen LogP contribution in [0, 0.1) is 0 Å². The van der Waals surface area contributed by atoms with Crippen LogP contribution < -0.4 is 0 Å². The van der Waals surface area contributed by atoms with E-state index in [0.29, 0.717) is 6.04 Å². The number of thiophene rings is 1. The lowest BCUT2D eigenvalue weighted by atomic mass is 10.0. The zero-order chi connectivity index (χ0) is 17.0. The lowest BCUT2D eigenvalue weighted by Gasteiger charge is -2.39. The van der Waals surface area contributed by atoms with E-state index in [0.717, 1.165) is 25.9 Å². The van der Waals surface area contributed by atoms with Crippen LogP contribution in [0.15, 0.2) is 17.5 Å². The first kappa shape index (κ1) is 18.3. The second-order valence-corrected chi connectivity index (χ2v) is 8.43. The fourth-order valence-corrected chi connectivity index (χ4v) is 3.84. The number of ether oxygens (including phenoxy) is 1. The minimum Gasteiger partial charge on any atom is -0.444 e. The van der Waals surface area contributed by atoms with E-state index in [1.165, 1.54) is 11.3 Å². The zero-order valence-corrected chi connectivity index (χ0v) is 15.9. The number of carbonyl (C=O) groups is 1. The fourth-order valence-electron chi connectivity index (χ4n) is 2.99. The van der Waals surface area contributed by atoms with Crippen molar-refractivity contribution in [2.45, 2.75) is 64.6 Å². The normalized spacial score (nSPS) is 20.6. The molecule has 0 aliphatic carbocycles. The Morgan fingerprint density at radius 2 is 2.22 bits per heavy atom. The van der Waals surface area contributed by atoms with Gasteiger partial charge in [0, 0.05) is 30.1 Å². The van der Waals surface area contributed by atoms with Crippen LogP contribution in [0.2, 0.25) is 0 Å². The summed E-state index contributed by atoms with van der Waals surface area (Å²) in [5, 5.41) is 2.12. The number of carbonyl (C=O) groups excluding carboxylic acids is 1. The summed E-state index contributed by atoms with van der Waals surface area (Å²) in [5.41, 5.74) is -0.435. The molecule has 0 unspecified atom stereocenters. The van der Waals surface area contributed by atoms with Crippen LogP contribution in [0.5, 0.6) is 0 Å². The van der Waals surface area contributed by atoms with Crippen LogP contribution in [-0.4, -0.2) is 47.7 Å². The Labute approximate surface area is 144 Å². The summed E-state index contributed by atoms with van der Waals surface area (Å²) in [7, 11) is 2.15. The van der Waals surface area contributed by atoms with Crippen molar-refractivity contribution < 1.29 is 9.53 Å². The van der Waals surface area contributed by atoms with Crippen molar-refractivity contribution in [1.29, 1.82) is 0 Å². The van der Waals surface area contributed by atoms with Gasteiger partial charge in [0.15, 0.2) is 0 Å². The summed E-state index contributed by atoms with van der Waals surface area (Å²) >= 11 is 1.79. The van der Waals surface area contributed by atoms with Gasteiger partial charge in [0.1, 0.15) is 5.60 Å². The molecule has 2 heterocycles. The van der Waals surface area contributed by atoms with Crippen molar-refractivity contribution in [3.05, 3.63) is 22.4 Å². The summed E-state index contributed by atoms with van der Waals surface area (Å²) in [6, 6.07) is 4.89. The van der Waals surface area contributed by atoms with E-state index in [4.69, 9.17) is 4.74 Å². The first-order chi connectivity index (χ1) is 10.8. The number of hydrogen-bond donors (Lipinski definition) is 0. The third-order valence-electron chi connectivity index (χ3n) is 4.37. The highest BCUT2D eigenvalue weighted by Crippen LogP contribution is 2.26. The van der Waals surface area contributed by atoms with Crippen LogP contribution in [0.4, 0.5) is 4.79 Å². The van der Waals surface area contributed by atoms with E-state index < -0.39 is 5.60 Å². The molecule has 1 amide bonds. The molecule has 1 aliphatic heterocycles. The van der Waals surface area contributed by atoms with Crippen molar-refractivity contribution in [1.82, 2.24) is 9.80 Å². The molecule has 1 aliphatic rings. The van der Waals surface area contributed by atoms with Gasteiger partial charge in [-0.2, -0.15) is 0 Å². The number of rotatable bonds is 4. The smallest absolute Gasteiger partial charge is 0.410 e. The summed E-state index contributed by atoms with van der Waals surface area (Å²) in [5.74, 6) is 0. The average Bonchev–Trinajstić information content (AvgIpc) is 2.99. The molecule has 4 nitrogen and oxygen atoms in total. The molecule has 0 N–H and O–H groups in total. The molecule has 0 bridgehead atoms. The molecule has 0 spiro atoms. The van der Waals surface area contributed by atoms with Crippen molar-refractivity contribution in [2.24, 2.45) is 0 Å². The van der Waals surface area contributed by atoms with Gasteiger partial charge in [-0.25, -0.2) is 4.79 Å². The van der Waals surface area contributed by atoms with Crippen LogP contribution in [0.3, 0.4) is 0 Å². The fraction of sp³-hybridized carbons (Fsp3) is 0.722. The molecule has 0 saturated carbocycles. The summed E-state index contributed by atoms with van der Waals surface area (Å²) in [6.07, 6.45) is 3.14. The molecule has 0 aromatic carbocycles. The van der Waals surface area contributed by atoms with Crippen molar-refractivity contribution in [3.63, 3.8) is 0 Å². The summed E-state index contributed by atoms with van der Waals surface area (Å²) in [6.45, 7) is 9.70. The van der Waals surface area contributed by atoms with Crippen molar-refractivity contribution >= 4 is 17.4 Å². The molecule has 1 fully saturated rings. The first-order valence-corrected chi connectivity index (χ1v) is 9.39. The topological polar surface area (TPSA) is 32.8 Å². The molecule has 2 rings (SSSR count). The van der Waals surface area contributed by atoms with Gasteiger partial charge in [0.2, 0.25) is 0 Å². The second kappa shape index (κ2) is 7.67. The summed E-state index contributed by atoms with van der Waals surface area (Å²) in [4.78, 5) is 18.1. The number of hydrogen-bond acceptors (Lipinski definition) is 4. The van der Waals surface area contributed by atoms with Gasteiger partial charge in [-0.15, -0.1) is 11.3 Å². The molecule has 0 radical (unpaired) electrons. The van der Waals surface area contributed by atoms with Gasteiger partial charge >= 0.3 is 6.09 Å². The van der Waals surface area contributed by atoms with Gasteiger partial charge in [0.05, 0.1) is 0 Å². The largest absolute Gasteiger partial charge is 0.444 e. The molecule has 2 atom stereocenters. The van der Waals surface area contributed by atoms with Gasteiger partial charge in [-0.05, 0) is 65.5 Å². The van der Waals surface area contributed by atoms with Gasteiger partial charge < -0.3 is 9.64 Å². The number of nitrogens with zero attached hydrogens (tertiary/aromatic N) is 2. The van der Waals surface area contributed by atoms with Crippen molar-refractivity contribution in [2.75, 3.05) is 20.1 Å². The number of piperidine rings is 1. The predicted molar refractivity (Wildman–Crippen MR) is 95.9 cm³/mol. The molecule has 23 heavy (non-hydrogen) atoms. The molecule has 5 heteroatoms. The molecule has 1 aromatic rings. The first-order valence-electron chi connectivity index (χ1n) is 8.51. The highest BCUT2D eigenvalue weighted by molar-refractivity contribution is 7.10. The summed E-state index contributed by atoms with van der Waals surface area (Å²) < 4.78 is 5.59. The second-order valence-electron chi connectivity index (χ2n) is 7.45. The van der Waals surface area contributed by atoms with Gasteiger partial charge in [0.25, 0.3) is 0 Å². The average molecular weight is 339 g/mol. The standard InChI is InChI=1S/C18H30N2O2S/c1-14(16-10-8-12-23-16)19(5)13-15-9-6-7-11-20(15)17(21)22-18(2,3)4/h8,10,12,14-15H,6-7,9,11,13H2,1-5H3/t14-,15+/m1/s1. The van der Waals surface area contributed by atoms with Gasteiger partial charge in [-0.3, -0.25) is 4.90 Å². The van der Waals surface area contributed by atoms with E-state index in [9.17, 15) is 4.79 Å². The van der Waals surface area contributed by atoms with Crippen LogP contribution in [-0.2, 0) is 4.74 Å². The molecular formula is C18H30N2O2S. The van der Waals surface area contributed by atoms with E-state index >= 15 is 0 Å². The molecule has 130 valence electrons. The molecule has 1 aromatic heterocycles. The predicted octanol–water partition coefficient (Wildman–Crippen LogP) is 4.53. The Balaban J connectivity index is 1.99. The Morgan fingerprint density at radius 3 is 2.83 bits per heavy atom. The SMILES string of the molecule is C[C@H](c1cccs1)N(C)C[C@@H]1CCCCN1C(=O)OC(C)(C)C. The monoisotopic (exact) mass is 338 g/mol. The lowest BCUT2D eigenvalue weighted by molar-refractivity contribution is 0.00471. The third-order valence-corrected chi connectivity index (χ3v) is 5.41. The van der Waals surface area contributed by atoms with Crippen LogP contribution in [0.25, 0.3) is 0 Å². The highest BCUT2D eigenvalue weighted by atomic mass is 32.1. The maximum atomic E-state index is 12.5. The van der Waals surface area contributed by atoms with E-state index in [1.807, 2.05) is 25.7 Å². The number of amides is 1. The Kier molecular flexibility index (Phi) is 6.09. The molecular weight excluding hydrogens is 308 g/mol. The van der Waals surface area contributed by atoms with Crippen LogP contribution >= 0.6 is 11.3 Å². The van der Waals surface area contributed by atoms with Crippen LogP contribution in [0.1, 0.15) is 57.9 Å². The number of likely N-dealkylation sites (tertiary alicyclic amines) is 1. The maximum absolute atomic E-state index is 12.5. The van der Waals surface area contributed by atoms with E-state index in [2.05, 4.69) is 36.4 Å². The quantitative estimate of drug-likeness (QED) is 0.808. The Morgan fingerprint density at radius 1 is 1.48 bits per heavy atom. The minimum atomic E-state index is -0.435. The molecule has 1 saturated heterocycles. The number of likely N-dealkylation sites (N-methyl/N-ethyl adjacent to an activating group) is 1. The maximum Gasteiger partial charge on any atom is 0.410 e. The Bertz CT molecular complexity index is 496. The van der Waals surface area contributed by atoms with Gasteiger partial charge in [-0.1, -0.05) is 6.07 Å². The third kappa shape index (κ3) is 5.21. The zero-order valence-electron chi connectivity index (χ0n) is 15.0. The lowest BCUT2D eigenvalue weighted by Crippen LogP contribution is -2.50. The van der Waals surface area contributed by atoms with Crippen molar-refractivity contribution in [3.8, 4) is 0 Å². The van der Waals surface area contributed by atoms with E-state index in [-0.39, 0.29) is 12.1 Å². The minimum absolute atomic E-state index is 0.167. The van der Waals surface area contributed by atoms with E-state index in [1.54, 1.807) is 11.3 Å².